The summed E-state index contributed by atoms with van der Waals surface area (Å²) in [7, 11) is 0. The van der Waals surface area contributed by atoms with E-state index in [2.05, 4.69) is 0 Å². The third-order valence-electron chi connectivity index (χ3n) is 2.87. The standard InChI is InChI=1S/C12H19ClN2OS/c1-4-12(3,14)11(16)15(5-2)8-9-6-7-10(13)17-9/h6-7H,4-5,8,14H2,1-3H3. The molecule has 0 aliphatic carbocycles. The van der Waals surface area contributed by atoms with Gasteiger partial charge in [-0.15, -0.1) is 11.3 Å². The molecule has 0 bridgehead atoms. The zero-order chi connectivity index (χ0) is 13.1. The van der Waals surface area contributed by atoms with Crippen molar-refractivity contribution in [2.24, 2.45) is 5.73 Å². The lowest BCUT2D eigenvalue weighted by atomic mass is 9.98. The number of carbonyl (C=O) groups excluding carboxylic acids is 1. The van der Waals surface area contributed by atoms with Crippen LogP contribution in [0.15, 0.2) is 12.1 Å². The second kappa shape index (κ2) is 5.85. The van der Waals surface area contributed by atoms with E-state index in [1.807, 2.05) is 26.0 Å². The number of rotatable bonds is 5. The molecule has 1 amide bonds. The van der Waals surface area contributed by atoms with Crippen LogP contribution in [0.4, 0.5) is 0 Å². The lowest BCUT2D eigenvalue weighted by Crippen LogP contribution is -2.52. The minimum atomic E-state index is -0.781. The van der Waals surface area contributed by atoms with Crippen LogP contribution in [0.1, 0.15) is 32.1 Å². The number of hydrogen-bond acceptors (Lipinski definition) is 3. The molecule has 0 saturated carbocycles. The van der Waals surface area contributed by atoms with E-state index >= 15 is 0 Å². The number of thiophene rings is 1. The normalized spacial score (nSPS) is 14.4. The molecule has 1 aromatic heterocycles. The molecule has 0 saturated heterocycles. The first-order chi connectivity index (χ1) is 7.90. The summed E-state index contributed by atoms with van der Waals surface area (Å²) < 4.78 is 0.745. The number of hydrogen-bond donors (Lipinski definition) is 1. The first-order valence-electron chi connectivity index (χ1n) is 5.73. The topological polar surface area (TPSA) is 46.3 Å². The van der Waals surface area contributed by atoms with Gasteiger partial charge in [0.1, 0.15) is 0 Å². The average Bonchev–Trinajstić information content (AvgIpc) is 2.70. The molecule has 0 aliphatic rings. The largest absolute Gasteiger partial charge is 0.336 e. The fraction of sp³-hybridized carbons (Fsp3) is 0.583. The number of likely N-dealkylation sites (N-methyl/N-ethyl adjacent to an activating group) is 1. The van der Waals surface area contributed by atoms with Crippen molar-refractivity contribution in [1.82, 2.24) is 4.90 Å². The first kappa shape index (κ1) is 14.5. The fourth-order valence-electron chi connectivity index (χ4n) is 1.46. The molecule has 0 radical (unpaired) electrons. The summed E-state index contributed by atoms with van der Waals surface area (Å²) in [6.07, 6.45) is 0.632. The van der Waals surface area contributed by atoms with Crippen LogP contribution < -0.4 is 5.73 Å². The number of nitrogens with two attached hydrogens (primary N) is 1. The molecule has 2 N–H and O–H groups in total. The third kappa shape index (κ3) is 3.69. The fourth-order valence-corrected chi connectivity index (χ4v) is 2.57. The van der Waals surface area contributed by atoms with Gasteiger partial charge in [0, 0.05) is 11.4 Å². The van der Waals surface area contributed by atoms with Crippen LogP contribution in [0.3, 0.4) is 0 Å². The molecule has 1 heterocycles. The van der Waals surface area contributed by atoms with Crippen LogP contribution in [0.25, 0.3) is 0 Å². The van der Waals surface area contributed by atoms with Gasteiger partial charge in [0.15, 0.2) is 0 Å². The Morgan fingerprint density at radius 1 is 1.53 bits per heavy atom. The number of amides is 1. The van der Waals surface area contributed by atoms with Crippen molar-refractivity contribution in [2.45, 2.75) is 39.3 Å². The lowest BCUT2D eigenvalue weighted by molar-refractivity contribution is -0.136. The zero-order valence-corrected chi connectivity index (χ0v) is 12.1. The molecule has 17 heavy (non-hydrogen) atoms. The Balaban J connectivity index is 2.75. The SMILES string of the molecule is CCN(Cc1ccc(Cl)s1)C(=O)C(C)(N)CC. The van der Waals surface area contributed by atoms with Crippen molar-refractivity contribution >= 4 is 28.8 Å². The van der Waals surface area contributed by atoms with Crippen LogP contribution in [0.2, 0.25) is 4.34 Å². The maximum absolute atomic E-state index is 12.2. The quantitative estimate of drug-likeness (QED) is 0.897. The van der Waals surface area contributed by atoms with E-state index in [1.165, 1.54) is 11.3 Å². The summed E-state index contributed by atoms with van der Waals surface area (Å²) in [5.74, 6) is -0.00739. The zero-order valence-electron chi connectivity index (χ0n) is 10.5. The van der Waals surface area contributed by atoms with Gasteiger partial charge in [0.2, 0.25) is 5.91 Å². The Morgan fingerprint density at radius 3 is 2.59 bits per heavy atom. The Morgan fingerprint density at radius 2 is 2.18 bits per heavy atom. The number of carbonyl (C=O) groups is 1. The molecule has 0 fully saturated rings. The molecule has 1 rings (SSSR count). The van der Waals surface area contributed by atoms with Crippen LogP contribution in [0, 0.1) is 0 Å². The van der Waals surface area contributed by atoms with E-state index in [-0.39, 0.29) is 5.91 Å². The molecule has 0 spiro atoms. The Hall–Kier alpha value is -0.580. The van der Waals surface area contributed by atoms with Gasteiger partial charge in [0.25, 0.3) is 0 Å². The van der Waals surface area contributed by atoms with Crippen LogP contribution in [0.5, 0.6) is 0 Å². The van der Waals surface area contributed by atoms with E-state index in [4.69, 9.17) is 17.3 Å². The number of nitrogens with zero attached hydrogens (tertiary/aromatic N) is 1. The van der Waals surface area contributed by atoms with Crippen molar-refractivity contribution in [3.05, 3.63) is 21.3 Å². The molecular formula is C12H19ClN2OS. The molecule has 0 aliphatic heterocycles. The second-order valence-electron chi connectivity index (χ2n) is 4.30. The van der Waals surface area contributed by atoms with Crippen LogP contribution in [-0.2, 0) is 11.3 Å². The van der Waals surface area contributed by atoms with Crippen molar-refractivity contribution in [3.63, 3.8) is 0 Å². The molecule has 1 unspecified atom stereocenters. The van der Waals surface area contributed by atoms with Crippen molar-refractivity contribution in [1.29, 1.82) is 0 Å². The minimum absolute atomic E-state index is 0.00739. The monoisotopic (exact) mass is 274 g/mol. The average molecular weight is 275 g/mol. The van der Waals surface area contributed by atoms with Crippen molar-refractivity contribution < 1.29 is 4.79 Å². The summed E-state index contributed by atoms with van der Waals surface area (Å²) in [6, 6.07) is 3.80. The van der Waals surface area contributed by atoms with E-state index in [1.54, 1.807) is 11.8 Å². The Labute approximate surface area is 112 Å². The number of halogens is 1. The van der Waals surface area contributed by atoms with Gasteiger partial charge >= 0.3 is 0 Å². The molecule has 5 heteroatoms. The highest BCUT2D eigenvalue weighted by atomic mass is 35.5. The van der Waals surface area contributed by atoms with E-state index in [9.17, 15) is 4.79 Å². The van der Waals surface area contributed by atoms with Crippen LogP contribution in [-0.4, -0.2) is 22.9 Å². The summed E-state index contributed by atoms with van der Waals surface area (Å²) in [4.78, 5) is 15.1. The van der Waals surface area contributed by atoms with Gasteiger partial charge in [-0.2, -0.15) is 0 Å². The first-order valence-corrected chi connectivity index (χ1v) is 6.92. The summed E-state index contributed by atoms with van der Waals surface area (Å²) in [6.45, 7) is 6.90. The maximum Gasteiger partial charge on any atom is 0.242 e. The lowest BCUT2D eigenvalue weighted by Gasteiger charge is -2.30. The molecule has 96 valence electrons. The van der Waals surface area contributed by atoms with Gasteiger partial charge in [0.05, 0.1) is 16.4 Å². The Kier molecular flexibility index (Phi) is 4.98. The van der Waals surface area contributed by atoms with Gasteiger partial charge in [-0.05, 0) is 32.4 Å². The van der Waals surface area contributed by atoms with Gasteiger partial charge in [-0.25, -0.2) is 0 Å². The highest BCUT2D eigenvalue weighted by Crippen LogP contribution is 2.23. The molecule has 1 aromatic rings. The van der Waals surface area contributed by atoms with E-state index < -0.39 is 5.54 Å². The summed E-state index contributed by atoms with van der Waals surface area (Å²) >= 11 is 7.37. The van der Waals surface area contributed by atoms with Crippen molar-refractivity contribution in [3.8, 4) is 0 Å². The van der Waals surface area contributed by atoms with Crippen LogP contribution >= 0.6 is 22.9 Å². The molecule has 1 atom stereocenters. The third-order valence-corrected chi connectivity index (χ3v) is 4.08. The second-order valence-corrected chi connectivity index (χ2v) is 6.10. The maximum atomic E-state index is 12.2. The smallest absolute Gasteiger partial charge is 0.242 e. The van der Waals surface area contributed by atoms with Gasteiger partial charge in [-0.1, -0.05) is 18.5 Å². The summed E-state index contributed by atoms with van der Waals surface area (Å²) in [5.41, 5.74) is 5.20. The highest BCUT2D eigenvalue weighted by molar-refractivity contribution is 7.16. The predicted molar refractivity (Wildman–Crippen MR) is 73.3 cm³/mol. The van der Waals surface area contributed by atoms with E-state index in [0.29, 0.717) is 19.5 Å². The van der Waals surface area contributed by atoms with Gasteiger partial charge in [-0.3, -0.25) is 4.79 Å². The predicted octanol–water partition coefficient (Wildman–Crippen LogP) is 2.88. The Bertz CT molecular complexity index is 390. The summed E-state index contributed by atoms with van der Waals surface area (Å²) in [5, 5.41) is 0. The van der Waals surface area contributed by atoms with Gasteiger partial charge < -0.3 is 10.6 Å². The van der Waals surface area contributed by atoms with Crippen molar-refractivity contribution in [2.75, 3.05) is 6.54 Å². The minimum Gasteiger partial charge on any atom is -0.336 e. The molecule has 3 nitrogen and oxygen atoms in total. The molecule has 0 aromatic carbocycles. The van der Waals surface area contributed by atoms with E-state index in [0.717, 1.165) is 9.21 Å². The highest BCUT2D eigenvalue weighted by Gasteiger charge is 2.30. The molecular weight excluding hydrogens is 256 g/mol.